The van der Waals surface area contributed by atoms with Crippen LogP contribution in [0.4, 0.5) is 0 Å². The molecular weight excluding hydrogens is 200 g/mol. The lowest BCUT2D eigenvalue weighted by Gasteiger charge is -2.35. The molecule has 1 aliphatic carbocycles. The molecule has 0 spiro atoms. The van der Waals surface area contributed by atoms with E-state index in [1.165, 1.54) is 38.5 Å². The van der Waals surface area contributed by atoms with Gasteiger partial charge < -0.3 is 4.74 Å². The summed E-state index contributed by atoms with van der Waals surface area (Å²) in [4.78, 5) is 0. The van der Waals surface area contributed by atoms with Gasteiger partial charge in [-0.05, 0) is 44.4 Å². The maximum absolute atomic E-state index is 5.96. The van der Waals surface area contributed by atoms with Gasteiger partial charge in [0.2, 0.25) is 0 Å². The van der Waals surface area contributed by atoms with Crippen molar-refractivity contribution in [1.82, 2.24) is 5.43 Å². The Morgan fingerprint density at radius 1 is 1.19 bits per heavy atom. The largest absolute Gasteiger partial charge is 0.374 e. The number of nitrogens with two attached hydrogens (primary N) is 1. The van der Waals surface area contributed by atoms with E-state index in [2.05, 4.69) is 19.3 Å². The molecule has 16 heavy (non-hydrogen) atoms. The molecule has 3 nitrogen and oxygen atoms in total. The summed E-state index contributed by atoms with van der Waals surface area (Å²) < 4.78 is 5.96. The summed E-state index contributed by atoms with van der Waals surface area (Å²) in [5.41, 5.74) is 3.03. The first-order valence-corrected chi connectivity index (χ1v) is 6.82. The second-order valence-corrected chi connectivity index (χ2v) is 5.79. The Morgan fingerprint density at radius 3 is 2.56 bits per heavy atom. The monoisotopic (exact) mass is 226 g/mol. The molecule has 5 unspecified atom stereocenters. The minimum atomic E-state index is 0.343. The molecule has 2 fully saturated rings. The fourth-order valence-electron chi connectivity index (χ4n) is 3.45. The molecule has 3 N–H and O–H groups in total. The predicted molar refractivity (Wildman–Crippen MR) is 65.8 cm³/mol. The maximum atomic E-state index is 5.96. The molecular formula is C13H26N2O. The summed E-state index contributed by atoms with van der Waals surface area (Å²) in [7, 11) is 0. The molecule has 2 rings (SSSR count). The molecule has 94 valence electrons. The third-order valence-corrected chi connectivity index (χ3v) is 4.34. The van der Waals surface area contributed by atoms with E-state index >= 15 is 0 Å². The first kappa shape index (κ1) is 12.3. The summed E-state index contributed by atoms with van der Waals surface area (Å²) in [6.45, 7) is 4.52. The van der Waals surface area contributed by atoms with Crippen LogP contribution in [0.5, 0.6) is 0 Å². The van der Waals surface area contributed by atoms with Crippen molar-refractivity contribution in [2.24, 2.45) is 17.7 Å². The van der Waals surface area contributed by atoms with Crippen LogP contribution in [-0.4, -0.2) is 18.2 Å². The topological polar surface area (TPSA) is 47.3 Å². The lowest BCUT2D eigenvalue weighted by Crippen LogP contribution is -2.50. The first-order chi connectivity index (χ1) is 7.70. The summed E-state index contributed by atoms with van der Waals surface area (Å²) >= 11 is 0. The van der Waals surface area contributed by atoms with E-state index in [9.17, 15) is 0 Å². The van der Waals surface area contributed by atoms with Crippen molar-refractivity contribution in [2.75, 3.05) is 0 Å². The highest BCUT2D eigenvalue weighted by molar-refractivity contribution is 4.89. The predicted octanol–water partition coefficient (Wildman–Crippen LogP) is 2.21. The number of nitrogens with one attached hydrogen (secondary N) is 1. The molecule has 0 bridgehead atoms. The van der Waals surface area contributed by atoms with Crippen LogP contribution in [-0.2, 0) is 4.74 Å². The third-order valence-electron chi connectivity index (χ3n) is 4.34. The zero-order chi connectivity index (χ0) is 11.5. The Hall–Kier alpha value is -0.120. The van der Waals surface area contributed by atoms with Gasteiger partial charge >= 0.3 is 0 Å². The Morgan fingerprint density at radius 2 is 2.00 bits per heavy atom. The molecule has 3 heteroatoms. The highest BCUT2D eigenvalue weighted by atomic mass is 16.5. The SMILES string of the molecule is CC1CCCC(C(NN)C2CCC(C)O2)C1. The lowest BCUT2D eigenvalue weighted by atomic mass is 9.77. The Balaban J connectivity index is 1.93. The van der Waals surface area contributed by atoms with E-state index in [1.807, 2.05) is 0 Å². The molecule has 0 radical (unpaired) electrons. The summed E-state index contributed by atoms with van der Waals surface area (Å²) in [6, 6.07) is 0.368. The van der Waals surface area contributed by atoms with Crippen LogP contribution in [0.2, 0.25) is 0 Å². The highest BCUT2D eigenvalue weighted by Gasteiger charge is 2.35. The van der Waals surface area contributed by atoms with E-state index in [1.54, 1.807) is 0 Å². The maximum Gasteiger partial charge on any atom is 0.0748 e. The van der Waals surface area contributed by atoms with Crippen LogP contribution in [0.1, 0.15) is 52.4 Å². The number of ether oxygens (including phenoxy) is 1. The van der Waals surface area contributed by atoms with Crippen LogP contribution in [0.15, 0.2) is 0 Å². The number of hydrogen-bond acceptors (Lipinski definition) is 3. The Bertz CT molecular complexity index is 222. The van der Waals surface area contributed by atoms with Crippen LogP contribution in [0.3, 0.4) is 0 Å². The number of rotatable bonds is 3. The number of hydrazine groups is 1. The van der Waals surface area contributed by atoms with E-state index < -0.39 is 0 Å². The van der Waals surface area contributed by atoms with Gasteiger partial charge in [0.15, 0.2) is 0 Å². The smallest absolute Gasteiger partial charge is 0.0748 e. The van der Waals surface area contributed by atoms with Crippen molar-refractivity contribution < 1.29 is 4.74 Å². The van der Waals surface area contributed by atoms with Gasteiger partial charge in [-0.2, -0.15) is 0 Å². The van der Waals surface area contributed by atoms with Crippen molar-refractivity contribution in [1.29, 1.82) is 0 Å². The average molecular weight is 226 g/mol. The molecule has 0 aromatic carbocycles. The standard InChI is InChI=1S/C13H26N2O/c1-9-4-3-5-11(8-9)13(15-14)12-7-6-10(2)16-12/h9-13,15H,3-8,14H2,1-2H3. The third kappa shape index (κ3) is 2.76. The zero-order valence-electron chi connectivity index (χ0n) is 10.6. The van der Waals surface area contributed by atoms with Gasteiger partial charge in [-0.1, -0.05) is 19.8 Å². The molecule has 1 saturated heterocycles. The van der Waals surface area contributed by atoms with E-state index in [4.69, 9.17) is 10.6 Å². The van der Waals surface area contributed by atoms with Crippen LogP contribution < -0.4 is 11.3 Å². The van der Waals surface area contributed by atoms with Gasteiger partial charge in [0, 0.05) is 0 Å². The summed E-state index contributed by atoms with van der Waals surface area (Å²) in [5.74, 6) is 7.31. The second-order valence-electron chi connectivity index (χ2n) is 5.79. The lowest BCUT2D eigenvalue weighted by molar-refractivity contribution is 0.00891. The van der Waals surface area contributed by atoms with Gasteiger partial charge in [-0.3, -0.25) is 11.3 Å². The molecule has 1 aliphatic heterocycles. The Labute approximate surface area is 99.1 Å². The molecule has 5 atom stereocenters. The quantitative estimate of drug-likeness (QED) is 0.573. The van der Waals surface area contributed by atoms with Gasteiger partial charge in [0.05, 0.1) is 18.2 Å². The highest BCUT2D eigenvalue weighted by Crippen LogP contribution is 2.34. The first-order valence-electron chi connectivity index (χ1n) is 6.82. The minimum Gasteiger partial charge on any atom is -0.374 e. The molecule has 1 heterocycles. The minimum absolute atomic E-state index is 0.343. The molecule has 1 saturated carbocycles. The van der Waals surface area contributed by atoms with Crippen molar-refractivity contribution in [3.8, 4) is 0 Å². The fraction of sp³-hybridized carbons (Fsp3) is 1.00. The van der Waals surface area contributed by atoms with Crippen molar-refractivity contribution in [2.45, 2.75) is 70.6 Å². The van der Waals surface area contributed by atoms with Crippen LogP contribution >= 0.6 is 0 Å². The van der Waals surface area contributed by atoms with E-state index in [-0.39, 0.29) is 0 Å². The van der Waals surface area contributed by atoms with E-state index in [0.29, 0.717) is 24.2 Å². The molecule has 0 aromatic rings. The van der Waals surface area contributed by atoms with Crippen molar-refractivity contribution in [3.63, 3.8) is 0 Å². The normalized spacial score (nSPS) is 42.2. The van der Waals surface area contributed by atoms with Crippen LogP contribution in [0.25, 0.3) is 0 Å². The van der Waals surface area contributed by atoms with Gasteiger partial charge in [-0.25, -0.2) is 0 Å². The van der Waals surface area contributed by atoms with Crippen LogP contribution in [0, 0.1) is 11.8 Å². The molecule has 0 amide bonds. The van der Waals surface area contributed by atoms with Gasteiger partial charge in [0.25, 0.3) is 0 Å². The van der Waals surface area contributed by atoms with E-state index in [0.717, 1.165) is 5.92 Å². The van der Waals surface area contributed by atoms with Crippen molar-refractivity contribution >= 4 is 0 Å². The molecule has 0 aromatic heterocycles. The zero-order valence-corrected chi connectivity index (χ0v) is 10.6. The fourth-order valence-corrected chi connectivity index (χ4v) is 3.45. The average Bonchev–Trinajstić information content (AvgIpc) is 2.66. The second kappa shape index (κ2) is 5.48. The van der Waals surface area contributed by atoms with Crippen molar-refractivity contribution in [3.05, 3.63) is 0 Å². The number of hydrogen-bond donors (Lipinski definition) is 2. The summed E-state index contributed by atoms with van der Waals surface area (Å²) in [6.07, 6.45) is 8.47. The molecule has 2 aliphatic rings. The van der Waals surface area contributed by atoms with Gasteiger partial charge in [0.1, 0.15) is 0 Å². The summed E-state index contributed by atoms with van der Waals surface area (Å²) in [5, 5.41) is 0. The Kier molecular flexibility index (Phi) is 4.22. The van der Waals surface area contributed by atoms with Gasteiger partial charge in [-0.15, -0.1) is 0 Å².